The molecule has 3 atom stereocenters. The molecule has 6 heterocycles. The fourth-order valence-electron chi connectivity index (χ4n) is 7.34. The summed E-state index contributed by atoms with van der Waals surface area (Å²) < 4.78 is 51.3. The van der Waals surface area contributed by atoms with Crippen LogP contribution < -0.4 is 14.4 Å². The number of carbonyl (C=O) groups is 1. The summed E-state index contributed by atoms with van der Waals surface area (Å²) in [5.74, 6) is 0.932. The predicted molar refractivity (Wildman–Crippen MR) is 187 cm³/mol. The van der Waals surface area contributed by atoms with Gasteiger partial charge in [-0.15, -0.1) is 0 Å². The molecule has 9 rings (SSSR count). The molecule has 1 saturated heterocycles. The molecule has 266 valence electrons. The molecule has 13 nitrogen and oxygen atoms in total. The minimum Gasteiger partial charge on any atom is -0.488 e. The van der Waals surface area contributed by atoms with E-state index in [-0.39, 0.29) is 18.6 Å². The quantitative estimate of drug-likeness (QED) is 0.245. The third-order valence-corrected chi connectivity index (χ3v) is 9.99. The van der Waals surface area contributed by atoms with Crippen molar-refractivity contribution in [3.05, 3.63) is 78.5 Å². The number of ether oxygens (including phenoxy) is 3. The van der Waals surface area contributed by atoms with E-state index in [1.165, 1.54) is 30.6 Å². The molecule has 3 aliphatic rings. The zero-order chi connectivity index (χ0) is 35.7. The van der Waals surface area contributed by atoms with Gasteiger partial charge in [0.1, 0.15) is 53.2 Å². The van der Waals surface area contributed by atoms with Gasteiger partial charge in [-0.05, 0) is 44.0 Å². The summed E-state index contributed by atoms with van der Waals surface area (Å²) in [4.78, 5) is 36.7. The maximum absolute atomic E-state index is 15.0. The summed E-state index contributed by atoms with van der Waals surface area (Å²) in [5.41, 5.74) is 3.36. The standard InChI is InChI=1S/C37H35F2N9O4/c1-20-43-29-12-22(39)11-26-28-5-4-6-33(44-28)52-24-14-31(37(49)45(2)16-25(50-3)18-46(20)34(26)29)47(17-24)35-27-15-42-48(36(27)41-19-40-35)30-10-7-21(38)13-32(30)51-23-8-9-23/h4-7,10-13,15,19,23-25,31H,8-9,14,16-18H2,1-3H3/t24-,25-,31-/m0/s1. The summed E-state index contributed by atoms with van der Waals surface area (Å²) in [6.07, 6.45) is 4.42. The van der Waals surface area contributed by atoms with Crippen molar-refractivity contribution in [1.82, 2.24) is 39.2 Å². The molecule has 2 aromatic carbocycles. The SMILES string of the molecule is CO[C@H]1CN(C)C(=O)[C@@H]2C[C@@H](CN2c2ncnc3c2cnn3-c2ccc(F)cc2OC2CC2)Oc2cccc(n2)-c2cc(F)cc3nc(C)n(c23)C1. The first-order valence-corrected chi connectivity index (χ1v) is 17.2. The monoisotopic (exact) mass is 707 g/mol. The molecule has 52 heavy (non-hydrogen) atoms. The average molecular weight is 708 g/mol. The fraction of sp³-hybridized carbons (Fsp3) is 0.351. The van der Waals surface area contributed by atoms with Crippen LogP contribution in [0.25, 0.3) is 39.0 Å². The van der Waals surface area contributed by atoms with Crippen LogP contribution in [0.4, 0.5) is 14.6 Å². The smallest absolute Gasteiger partial charge is 0.245 e. The van der Waals surface area contributed by atoms with Crippen LogP contribution in [0, 0.1) is 18.6 Å². The fourth-order valence-corrected chi connectivity index (χ4v) is 7.34. The van der Waals surface area contributed by atoms with Gasteiger partial charge >= 0.3 is 0 Å². The molecule has 0 radical (unpaired) electrons. The van der Waals surface area contributed by atoms with E-state index in [1.54, 1.807) is 42.1 Å². The molecular weight excluding hydrogens is 672 g/mol. The lowest BCUT2D eigenvalue weighted by molar-refractivity contribution is -0.133. The number of anilines is 1. The number of benzene rings is 2. The molecule has 15 heteroatoms. The van der Waals surface area contributed by atoms with Crippen LogP contribution in [-0.2, 0) is 16.1 Å². The zero-order valence-electron chi connectivity index (χ0n) is 28.7. The Hall–Kier alpha value is -5.70. The Morgan fingerprint density at radius 1 is 0.962 bits per heavy atom. The number of hydrogen-bond donors (Lipinski definition) is 0. The lowest BCUT2D eigenvalue weighted by atomic mass is 10.1. The summed E-state index contributed by atoms with van der Waals surface area (Å²) in [7, 11) is 3.37. The van der Waals surface area contributed by atoms with Gasteiger partial charge in [-0.3, -0.25) is 4.79 Å². The highest BCUT2D eigenvalue weighted by atomic mass is 19.1. The number of likely N-dealkylation sites (N-methyl/N-ethyl adjacent to an activating group) is 1. The highest BCUT2D eigenvalue weighted by Crippen LogP contribution is 2.37. The minimum atomic E-state index is -0.658. The topological polar surface area (TPSA) is 126 Å². The van der Waals surface area contributed by atoms with Gasteiger partial charge in [-0.1, -0.05) is 6.07 Å². The van der Waals surface area contributed by atoms with E-state index in [0.717, 1.165) is 18.4 Å². The Bertz CT molecular complexity index is 2360. The van der Waals surface area contributed by atoms with Gasteiger partial charge in [0.25, 0.3) is 0 Å². The highest BCUT2D eigenvalue weighted by Gasteiger charge is 2.42. The number of aryl methyl sites for hydroxylation is 1. The second-order valence-electron chi connectivity index (χ2n) is 13.6. The van der Waals surface area contributed by atoms with Crippen LogP contribution >= 0.6 is 0 Å². The number of halogens is 2. The number of fused-ring (bicyclic) bond motifs is 6. The van der Waals surface area contributed by atoms with Crippen molar-refractivity contribution < 1.29 is 27.8 Å². The molecule has 2 aliphatic heterocycles. The normalized spacial score (nSPS) is 20.6. The molecule has 4 bridgehead atoms. The lowest BCUT2D eigenvalue weighted by Crippen LogP contribution is -2.47. The maximum Gasteiger partial charge on any atom is 0.245 e. The lowest BCUT2D eigenvalue weighted by Gasteiger charge is -2.30. The first-order valence-electron chi connectivity index (χ1n) is 17.2. The largest absolute Gasteiger partial charge is 0.488 e. The number of carbonyl (C=O) groups excluding carboxylic acids is 1. The number of aromatic nitrogens is 7. The molecular formula is C37H35F2N9O4. The third kappa shape index (κ3) is 5.64. The number of nitrogens with zero attached hydrogens (tertiary/aromatic N) is 9. The van der Waals surface area contributed by atoms with E-state index < -0.39 is 29.9 Å². The van der Waals surface area contributed by atoms with Crippen molar-refractivity contribution in [2.75, 3.05) is 32.1 Å². The van der Waals surface area contributed by atoms with E-state index in [0.29, 0.717) is 76.3 Å². The van der Waals surface area contributed by atoms with E-state index in [1.807, 2.05) is 28.5 Å². The molecule has 1 aliphatic carbocycles. The second kappa shape index (κ2) is 12.5. The van der Waals surface area contributed by atoms with Crippen LogP contribution in [0.5, 0.6) is 11.6 Å². The summed E-state index contributed by atoms with van der Waals surface area (Å²) in [6.45, 7) is 2.81. The Balaban J connectivity index is 1.12. The summed E-state index contributed by atoms with van der Waals surface area (Å²) >= 11 is 0. The van der Waals surface area contributed by atoms with Crippen LogP contribution in [-0.4, -0.2) is 96.7 Å². The third-order valence-electron chi connectivity index (χ3n) is 9.99. The first kappa shape index (κ1) is 32.2. The Morgan fingerprint density at radius 2 is 1.83 bits per heavy atom. The number of hydrogen-bond acceptors (Lipinski definition) is 10. The molecule has 0 spiro atoms. The van der Waals surface area contributed by atoms with Gasteiger partial charge in [0.2, 0.25) is 11.8 Å². The number of amides is 1. The summed E-state index contributed by atoms with van der Waals surface area (Å²) in [5, 5.41) is 5.24. The minimum absolute atomic E-state index is 0.0423. The van der Waals surface area contributed by atoms with Gasteiger partial charge in [0.15, 0.2) is 5.65 Å². The average Bonchev–Trinajstić information content (AvgIpc) is 3.54. The van der Waals surface area contributed by atoms with Gasteiger partial charge in [-0.25, -0.2) is 33.4 Å². The van der Waals surface area contributed by atoms with Crippen molar-refractivity contribution in [3.63, 3.8) is 0 Å². The molecule has 2 fully saturated rings. The van der Waals surface area contributed by atoms with Gasteiger partial charge < -0.3 is 28.6 Å². The van der Waals surface area contributed by atoms with Crippen LogP contribution in [0.15, 0.2) is 61.1 Å². The van der Waals surface area contributed by atoms with Gasteiger partial charge in [-0.2, -0.15) is 5.10 Å². The number of imidazole rings is 1. The number of rotatable bonds is 5. The molecule has 0 N–H and O–H groups in total. The van der Waals surface area contributed by atoms with Crippen molar-refractivity contribution in [1.29, 1.82) is 0 Å². The van der Waals surface area contributed by atoms with Gasteiger partial charge in [0.05, 0.1) is 53.6 Å². The van der Waals surface area contributed by atoms with Crippen molar-refractivity contribution >= 4 is 33.8 Å². The van der Waals surface area contributed by atoms with Gasteiger partial charge in [0, 0.05) is 50.9 Å². The Morgan fingerprint density at radius 3 is 2.65 bits per heavy atom. The molecule has 4 aromatic heterocycles. The Kier molecular flexibility index (Phi) is 7.75. The molecule has 6 aromatic rings. The molecule has 1 saturated carbocycles. The summed E-state index contributed by atoms with van der Waals surface area (Å²) in [6, 6.07) is 11.9. The Labute approximate surface area is 296 Å². The number of pyridine rings is 1. The number of methoxy groups -OCH3 is 1. The highest BCUT2D eigenvalue weighted by molar-refractivity contribution is 5.93. The maximum atomic E-state index is 15.0. The zero-order valence-corrected chi connectivity index (χ0v) is 28.7. The molecule has 1 amide bonds. The van der Waals surface area contributed by atoms with Crippen molar-refractivity contribution in [2.24, 2.45) is 0 Å². The van der Waals surface area contributed by atoms with E-state index in [4.69, 9.17) is 19.2 Å². The predicted octanol–water partition coefficient (Wildman–Crippen LogP) is 4.87. The second-order valence-corrected chi connectivity index (χ2v) is 13.6. The first-order chi connectivity index (χ1) is 25.2. The van der Waals surface area contributed by atoms with Crippen LogP contribution in [0.2, 0.25) is 0 Å². The van der Waals surface area contributed by atoms with E-state index >= 15 is 0 Å². The van der Waals surface area contributed by atoms with Crippen LogP contribution in [0.1, 0.15) is 25.1 Å². The van der Waals surface area contributed by atoms with Crippen molar-refractivity contribution in [3.8, 4) is 28.6 Å². The molecule has 0 unspecified atom stereocenters. The van der Waals surface area contributed by atoms with Crippen LogP contribution in [0.3, 0.4) is 0 Å². The van der Waals surface area contributed by atoms with E-state index in [2.05, 4.69) is 20.1 Å². The van der Waals surface area contributed by atoms with Crippen molar-refractivity contribution in [2.45, 2.75) is 57.1 Å². The van der Waals surface area contributed by atoms with E-state index in [9.17, 15) is 13.6 Å².